The first-order valence-electron chi connectivity index (χ1n) is 6.66. The lowest BCUT2D eigenvalue weighted by atomic mass is 10.1. The number of nitrogens with zero attached hydrogens (tertiary/aromatic N) is 2. The summed E-state index contributed by atoms with van der Waals surface area (Å²) < 4.78 is 6.39. The molecule has 19 heavy (non-hydrogen) atoms. The van der Waals surface area contributed by atoms with Crippen LogP contribution in [0.5, 0.6) is 0 Å². The van der Waals surface area contributed by atoms with Gasteiger partial charge in [-0.15, -0.1) is 0 Å². The van der Waals surface area contributed by atoms with E-state index in [1.54, 1.807) is 0 Å². The van der Waals surface area contributed by atoms with Crippen molar-refractivity contribution in [1.29, 1.82) is 0 Å². The minimum absolute atomic E-state index is 0.229. The summed E-state index contributed by atoms with van der Waals surface area (Å²) >= 11 is 3.45. The summed E-state index contributed by atoms with van der Waals surface area (Å²) in [4.78, 5) is 4.53. The van der Waals surface area contributed by atoms with Crippen LogP contribution in [0.25, 0.3) is 11.5 Å². The number of benzene rings is 1. The lowest BCUT2D eigenvalue weighted by Gasteiger charge is -2.09. The Morgan fingerprint density at radius 3 is 3.11 bits per heavy atom. The number of hydrogen-bond acceptors (Lipinski definition) is 4. The molecule has 1 saturated heterocycles. The molecule has 0 radical (unpaired) electrons. The van der Waals surface area contributed by atoms with Crippen LogP contribution in [0.1, 0.15) is 37.5 Å². The maximum absolute atomic E-state index is 5.38. The smallest absolute Gasteiger partial charge is 0.258 e. The number of halogens is 1. The van der Waals surface area contributed by atoms with Crippen molar-refractivity contribution in [2.75, 3.05) is 6.54 Å². The van der Waals surface area contributed by atoms with Gasteiger partial charge in [-0.05, 0) is 37.6 Å². The van der Waals surface area contributed by atoms with E-state index in [0.29, 0.717) is 5.89 Å². The van der Waals surface area contributed by atoms with Gasteiger partial charge in [0.25, 0.3) is 5.89 Å². The summed E-state index contributed by atoms with van der Waals surface area (Å²) in [6.07, 6.45) is 4.81. The van der Waals surface area contributed by atoms with Crippen molar-refractivity contribution in [3.8, 4) is 11.5 Å². The molecule has 3 rings (SSSR count). The third kappa shape index (κ3) is 3.04. The number of aromatic nitrogens is 2. The molecule has 1 aliphatic heterocycles. The molecule has 4 nitrogen and oxygen atoms in total. The van der Waals surface area contributed by atoms with Gasteiger partial charge < -0.3 is 9.84 Å². The highest BCUT2D eigenvalue weighted by Gasteiger charge is 2.19. The summed E-state index contributed by atoms with van der Waals surface area (Å²) in [5.41, 5.74) is 0.946. The molecule has 1 aromatic heterocycles. The van der Waals surface area contributed by atoms with Crippen LogP contribution in [0.2, 0.25) is 0 Å². The summed E-state index contributed by atoms with van der Waals surface area (Å²) in [6.45, 7) is 1.03. The number of nitrogens with one attached hydrogen (secondary N) is 1. The fourth-order valence-corrected chi connectivity index (χ4v) is 2.76. The van der Waals surface area contributed by atoms with Crippen LogP contribution in [0.3, 0.4) is 0 Å². The predicted molar refractivity (Wildman–Crippen MR) is 76.6 cm³/mol. The molecule has 0 spiro atoms. The second-order valence-corrected chi connectivity index (χ2v) is 5.74. The summed E-state index contributed by atoms with van der Waals surface area (Å²) in [5.74, 6) is 1.36. The van der Waals surface area contributed by atoms with E-state index in [1.807, 2.05) is 24.3 Å². The van der Waals surface area contributed by atoms with E-state index >= 15 is 0 Å². The average molecular weight is 322 g/mol. The maximum atomic E-state index is 5.38. The van der Waals surface area contributed by atoms with Crippen molar-refractivity contribution in [2.45, 2.75) is 31.7 Å². The Morgan fingerprint density at radius 2 is 2.21 bits per heavy atom. The van der Waals surface area contributed by atoms with Crippen LogP contribution in [-0.2, 0) is 0 Å². The van der Waals surface area contributed by atoms with E-state index in [2.05, 4.69) is 31.4 Å². The molecule has 0 aliphatic carbocycles. The van der Waals surface area contributed by atoms with Crippen LogP contribution in [0.4, 0.5) is 0 Å². The standard InChI is InChI=1S/C14H16BrN3O/c15-11-6-4-5-10(9-11)14-17-13(18-19-14)12-7-2-1-3-8-16-12/h4-6,9,12,16H,1-3,7-8H2. The average Bonchev–Trinajstić information content (AvgIpc) is 2.75. The van der Waals surface area contributed by atoms with Gasteiger partial charge in [-0.2, -0.15) is 4.98 Å². The zero-order valence-electron chi connectivity index (χ0n) is 10.6. The van der Waals surface area contributed by atoms with Crippen LogP contribution >= 0.6 is 15.9 Å². The van der Waals surface area contributed by atoms with Gasteiger partial charge in [-0.25, -0.2) is 0 Å². The first-order chi connectivity index (χ1) is 9.33. The van der Waals surface area contributed by atoms with E-state index in [4.69, 9.17) is 4.52 Å². The highest BCUT2D eigenvalue weighted by molar-refractivity contribution is 9.10. The second-order valence-electron chi connectivity index (χ2n) is 4.82. The van der Waals surface area contributed by atoms with Crippen LogP contribution < -0.4 is 5.32 Å². The topological polar surface area (TPSA) is 51.0 Å². The molecular weight excluding hydrogens is 306 g/mol. The maximum Gasteiger partial charge on any atom is 0.258 e. The fraction of sp³-hybridized carbons (Fsp3) is 0.429. The van der Waals surface area contributed by atoms with Gasteiger partial charge in [0.1, 0.15) is 0 Å². The zero-order valence-corrected chi connectivity index (χ0v) is 12.2. The first-order valence-corrected chi connectivity index (χ1v) is 7.45. The molecule has 0 amide bonds. The van der Waals surface area contributed by atoms with Crippen molar-refractivity contribution in [2.24, 2.45) is 0 Å². The second kappa shape index (κ2) is 5.84. The molecule has 1 aliphatic rings. The molecule has 1 aromatic carbocycles. The molecule has 2 heterocycles. The minimum Gasteiger partial charge on any atom is -0.334 e. The normalized spacial score (nSPS) is 20.2. The SMILES string of the molecule is Brc1cccc(-c2nc(C3CCCCCN3)no2)c1. The molecule has 0 bridgehead atoms. The fourth-order valence-electron chi connectivity index (χ4n) is 2.36. The van der Waals surface area contributed by atoms with E-state index in [-0.39, 0.29) is 6.04 Å². The monoisotopic (exact) mass is 321 g/mol. The Balaban J connectivity index is 1.82. The lowest BCUT2D eigenvalue weighted by molar-refractivity contribution is 0.402. The van der Waals surface area contributed by atoms with Crippen molar-refractivity contribution < 1.29 is 4.52 Å². The third-order valence-electron chi connectivity index (χ3n) is 3.39. The number of rotatable bonds is 2. The Hall–Kier alpha value is -1.20. The molecule has 1 atom stereocenters. The Bertz CT molecular complexity index is 547. The van der Waals surface area contributed by atoms with E-state index in [9.17, 15) is 0 Å². The highest BCUT2D eigenvalue weighted by atomic mass is 79.9. The molecule has 100 valence electrons. The van der Waals surface area contributed by atoms with Gasteiger partial charge in [0, 0.05) is 10.0 Å². The van der Waals surface area contributed by atoms with Crippen molar-refractivity contribution in [3.05, 3.63) is 34.6 Å². The Kier molecular flexibility index (Phi) is 3.94. The molecular formula is C14H16BrN3O. The van der Waals surface area contributed by atoms with Gasteiger partial charge >= 0.3 is 0 Å². The van der Waals surface area contributed by atoms with Crippen LogP contribution in [0.15, 0.2) is 33.3 Å². The molecule has 2 aromatic rings. The largest absolute Gasteiger partial charge is 0.334 e. The highest BCUT2D eigenvalue weighted by Crippen LogP contribution is 2.25. The van der Waals surface area contributed by atoms with E-state index < -0.39 is 0 Å². The quantitative estimate of drug-likeness (QED) is 0.916. The first kappa shape index (κ1) is 12.8. The molecule has 1 fully saturated rings. The van der Waals surface area contributed by atoms with E-state index in [0.717, 1.165) is 28.8 Å². The van der Waals surface area contributed by atoms with Gasteiger partial charge in [-0.1, -0.05) is 40.0 Å². The molecule has 1 unspecified atom stereocenters. The summed E-state index contributed by atoms with van der Waals surface area (Å²) in [7, 11) is 0. The van der Waals surface area contributed by atoms with Crippen LogP contribution in [0, 0.1) is 0 Å². The Labute approximate surface area is 120 Å². The lowest BCUT2D eigenvalue weighted by Crippen LogP contribution is -2.21. The summed E-state index contributed by atoms with van der Waals surface area (Å²) in [5, 5.41) is 7.60. The zero-order chi connectivity index (χ0) is 13.1. The van der Waals surface area contributed by atoms with Crippen LogP contribution in [-0.4, -0.2) is 16.7 Å². The molecule has 1 N–H and O–H groups in total. The van der Waals surface area contributed by atoms with Crippen molar-refractivity contribution in [1.82, 2.24) is 15.5 Å². The third-order valence-corrected chi connectivity index (χ3v) is 3.88. The number of hydrogen-bond donors (Lipinski definition) is 1. The van der Waals surface area contributed by atoms with Gasteiger partial charge in [0.05, 0.1) is 6.04 Å². The van der Waals surface area contributed by atoms with Crippen molar-refractivity contribution >= 4 is 15.9 Å². The Morgan fingerprint density at radius 1 is 1.26 bits per heavy atom. The minimum atomic E-state index is 0.229. The summed E-state index contributed by atoms with van der Waals surface area (Å²) in [6, 6.07) is 8.13. The van der Waals surface area contributed by atoms with Crippen molar-refractivity contribution in [3.63, 3.8) is 0 Å². The van der Waals surface area contributed by atoms with Gasteiger partial charge in [0.15, 0.2) is 5.82 Å². The molecule has 0 saturated carbocycles. The van der Waals surface area contributed by atoms with Gasteiger partial charge in [0.2, 0.25) is 0 Å². The van der Waals surface area contributed by atoms with Gasteiger partial charge in [-0.3, -0.25) is 0 Å². The molecule has 5 heteroatoms. The predicted octanol–water partition coefficient (Wildman–Crippen LogP) is 3.70. The van der Waals surface area contributed by atoms with E-state index in [1.165, 1.54) is 19.3 Å².